The van der Waals surface area contributed by atoms with E-state index in [1.54, 1.807) is 0 Å². The third-order valence-electron chi connectivity index (χ3n) is 1.99. The Morgan fingerprint density at radius 3 is 2.47 bits per heavy atom. The molecule has 2 amide bonds. The highest BCUT2D eigenvalue weighted by atomic mass is 19.4. The number of methoxy groups -OCH3 is 1. The number of hydrogen-bond acceptors (Lipinski definition) is 4. The summed E-state index contributed by atoms with van der Waals surface area (Å²) in [5.41, 5.74) is 0. The summed E-state index contributed by atoms with van der Waals surface area (Å²) >= 11 is 0. The normalized spacial score (nSPS) is 12.9. The second kappa shape index (κ2) is 8.70. The van der Waals surface area contributed by atoms with Crippen LogP contribution >= 0.6 is 0 Å². The van der Waals surface area contributed by atoms with Crippen LogP contribution in [0.2, 0.25) is 0 Å². The first-order valence-electron chi connectivity index (χ1n) is 5.59. The third-order valence-corrected chi connectivity index (χ3v) is 1.99. The zero-order chi connectivity index (χ0) is 14.9. The number of carbonyl (C=O) groups excluding carboxylic acids is 2. The number of ether oxygens (including phenoxy) is 1. The van der Waals surface area contributed by atoms with E-state index in [0.29, 0.717) is 13.2 Å². The van der Waals surface area contributed by atoms with Gasteiger partial charge in [0.1, 0.15) is 6.04 Å². The number of amides is 2. The summed E-state index contributed by atoms with van der Waals surface area (Å²) in [5, 5.41) is 6.69. The number of nitrogens with one attached hydrogen (secondary N) is 3. The van der Waals surface area contributed by atoms with Crippen LogP contribution in [-0.4, -0.2) is 57.4 Å². The maximum absolute atomic E-state index is 11.8. The van der Waals surface area contributed by atoms with E-state index in [1.807, 2.05) is 5.32 Å². The summed E-state index contributed by atoms with van der Waals surface area (Å²) in [6.07, 6.45) is -4.37. The number of rotatable bonds is 8. The van der Waals surface area contributed by atoms with E-state index in [-0.39, 0.29) is 0 Å². The molecule has 0 spiro atoms. The molecule has 0 fully saturated rings. The van der Waals surface area contributed by atoms with Crippen molar-refractivity contribution in [1.82, 2.24) is 16.0 Å². The molecule has 0 aromatic rings. The summed E-state index contributed by atoms with van der Waals surface area (Å²) in [6.45, 7) is 0.301. The van der Waals surface area contributed by atoms with Crippen molar-refractivity contribution in [1.29, 1.82) is 0 Å². The van der Waals surface area contributed by atoms with Crippen LogP contribution in [0.5, 0.6) is 0 Å². The van der Waals surface area contributed by atoms with Crippen LogP contribution in [-0.2, 0) is 14.3 Å². The zero-order valence-corrected chi connectivity index (χ0v) is 10.8. The van der Waals surface area contributed by atoms with Gasteiger partial charge in [-0.15, -0.1) is 0 Å². The summed E-state index contributed by atoms with van der Waals surface area (Å²) in [7, 11) is 1.48. The SMILES string of the molecule is COCCNC(=O)C(C)NC(=O)CNCC(F)(F)F. The summed E-state index contributed by atoms with van der Waals surface area (Å²) in [4.78, 5) is 22.6. The standard InChI is InChI=1S/C10H18F3N3O3/c1-7(9(18)15-3-4-19-2)16-8(17)5-14-6-10(11,12)13/h7,14H,3-6H2,1-2H3,(H,15,18)(H,16,17). The van der Waals surface area contributed by atoms with E-state index in [0.717, 1.165) is 0 Å². The van der Waals surface area contributed by atoms with Gasteiger partial charge in [-0.05, 0) is 6.92 Å². The average Bonchev–Trinajstić information content (AvgIpc) is 2.27. The monoisotopic (exact) mass is 285 g/mol. The van der Waals surface area contributed by atoms with Crippen molar-refractivity contribution in [2.24, 2.45) is 0 Å². The average molecular weight is 285 g/mol. The minimum absolute atomic E-state index is 0.294. The Kier molecular flexibility index (Phi) is 8.08. The number of halogens is 3. The predicted octanol–water partition coefficient (Wildman–Crippen LogP) is -0.594. The molecule has 0 aliphatic heterocycles. The summed E-state index contributed by atoms with van der Waals surface area (Å²) in [5.74, 6) is -1.11. The maximum Gasteiger partial charge on any atom is 0.401 e. The summed E-state index contributed by atoms with van der Waals surface area (Å²) < 4.78 is 40.1. The van der Waals surface area contributed by atoms with Gasteiger partial charge in [0, 0.05) is 13.7 Å². The molecule has 1 atom stereocenters. The van der Waals surface area contributed by atoms with Gasteiger partial charge in [0.25, 0.3) is 0 Å². The molecule has 0 saturated carbocycles. The van der Waals surface area contributed by atoms with Gasteiger partial charge in [0.2, 0.25) is 11.8 Å². The lowest BCUT2D eigenvalue weighted by atomic mass is 10.3. The highest BCUT2D eigenvalue weighted by Gasteiger charge is 2.26. The van der Waals surface area contributed by atoms with Crippen molar-refractivity contribution in [3.8, 4) is 0 Å². The fourth-order valence-corrected chi connectivity index (χ4v) is 1.11. The number of alkyl halides is 3. The van der Waals surface area contributed by atoms with Crippen molar-refractivity contribution in [3.63, 3.8) is 0 Å². The predicted molar refractivity (Wildman–Crippen MR) is 61.4 cm³/mol. The van der Waals surface area contributed by atoms with E-state index in [4.69, 9.17) is 4.74 Å². The Morgan fingerprint density at radius 1 is 1.32 bits per heavy atom. The van der Waals surface area contributed by atoms with Crippen LogP contribution in [0, 0.1) is 0 Å². The molecule has 0 rings (SSSR count). The maximum atomic E-state index is 11.8. The molecule has 0 radical (unpaired) electrons. The Balaban J connectivity index is 3.82. The number of hydrogen-bond donors (Lipinski definition) is 3. The second-order valence-electron chi connectivity index (χ2n) is 3.79. The molecule has 0 bridgehead atoms. The first kappa shape index (κ1) is 17.6. The van der Waals surface area contributed by atoms with Gasteiger partial charge in [0.05, 0.1) is 19.7 Å². The Hall–Kier alpha value is -1.35. The lowest BCUT2D eigenvalue weighted by molar-refractivity contribution is -0.131. The molecule has 6 nitrogen and oxygen atoms in total. The Bertz CT molecular complexity index is 297. The fourth-order valence-electron chi connectivity index (χ4n) is 1.11. The Labute approximate surface area is 109 Å². The van der Waals surface area contributed by atoms with Gasteiger partial charge in [-0.25, -0.2) is 0 Å². The van der Waals surface area contributed by atoms with Gasteiger partial charge in [-0.3, -0.25) is 9.59 Å². The largest absolute Gasteiger partial charge is 0.401 e. The van der Waals surface area contributed by atoms with Crippen molar-refractivity contribution in [2.75, 3.05) is 33.4 Å². The topological polar surface area (TPSA) is 79.5 Å². The fraction of sp³-hybridized carbons (Fsp3) is 0.800. The van der Waals surface area contributed by atoms with Crippen LogP contribution in [0.25, 0.3) is 0 Å². The smallest absolute Gasteiger partial charge is 0.383 e. The van der Waals surface area contributed by atoms with Crippen LogP contribution in [0.4, 0.5) is 13.2 Å². The minimum atomic E-state index is -4.37. The molecule has 3 N–H and O–H groups in total. The molecule has 19 heavy (non-hydrogen) atoms. The first-order chi connectivity index (χ1) is 8.76. The molecule has 0 aliphatic carbocycles. The highest BCUT2D eigenvalue weighted by Crippen LogP contribution is 2.11. The van der Waals surface area contributed by atoms with Gasteiger partial charge in [-0.2, -0.15) is 13.2 Å². The highest BCUT2D eigenvalue weighted by molar-refractivity contribution is 5.87. The quantitative estimate of drug-likeness (QED) is 0.521. The van der Waals surface area contributed by atoms with Crippen molar-refractivity contribution >= 4 is 11.8 Å². The number of carbonyl (C=O) groups is 2. The van der Waals surface area contributed by atoms with Crippen LogP contribution < -0.4 is 16.0 Å². The van der Waals surface area contributed by atoms with E-state index in [1.165, 1.54) is 14.0 Å². The first-order valence-corrected chi connectivity index (χ1v) is 5.59. The molecular weight excluding hydrogens is 267 g/mol. The molecule has 0 heterocycles. The molecule has 1 unspecified atom stereocenters. The van der Waals surface area contributed by atoms with E-state index in [9.17, 15) is 22.8 Å². The van der Waals surface area contributed by atoms with Crippen LogP contribution in [0.1, 0.15) is 6.92 Å². The molecule has 0 aromatic heterocycles. The minimum Gasteiger partial charge on any atom is -0.383 e. The van der Waals surface area contributed by atoms with Gasteiger partial charge >= 0.3 is 6.18 Å². The van der Waals surface area contributed by atoms with Crippen molar-refractivity contribution < 1.29 is 27.5 Å². The lowest BCUT2D eigenvalue weighted by Gasteiger charge is -2.14. The molecular formula is C10H18F3N3O3. The second-order valence-corrected chi connectivity index (χ2v) is 3.79. The van der Waals surface area contributed by atoms with Crippen molar-refractivity contribution in [3.05, 3.63) is 0 Å². The molecule has 0 aromatic carbocycles. The van der Waals surface area contributed by atoms with Crippen LogP contribution in [0.15, 0.2) is 0 Å². The third kappa shape index (κ3) is 10.3. The van der Waals surface area contributed by atoms with Gasteiger partial charge in [0.15, 0.2) is 0 Å². The zero-order valence-electron chi connectivity index (χ0n) is 10.8. The summed E-state index contributed by atoms with van der Waals surface area (Å²) in [6, 6.07) is -0.822. The molecule has 112 valence electrons. The van der Waals surface area contributed by atoms with Gasteiger partial charge in [-0.1, -0.05) is 0 Å². The molecule has 9 heteroatoms. The molecule has 0 saturated heterocycles. The van der Waals surface area contributed by atoms with E-state index < -0.39 is 37.1 Å². The Morgan fingerprint density at radius 2 is 1.95 bits per heavy atom. The van der Waals surface area contributed by atoms with E-state index in [2.05, 4.69) is 10.6 Å². The van der Waals surface area contributed by atoms with Gasteiger partial charge < -0.3 is 20.7 Å². The molecule has 0 aliphatic rings. The van der Waals surface area contributed by atoms with Crippen molar-refractivity contribution in [2.45, 2.75) is 19.1 Å². The van der Waals surface area contributed by atoms with Crippen LogP contribution in [0.3, 0.4) is 0 Å². The van der Waals surface area contributed by atoms with E-state index >= 15 is 0 Å². The lowest BCUT2D eigenvalue weighted by Crippen LogP contribution is -2.48.